The van der Waals surface area contributed by atoms with Crippen molar-refractivity contribution in [1.82, 2.24) is 0 Å². The van der Waals surface area contributed by atoms with Gasteiger partial charge in [-0.1, -0.05) is 56.9 Å². The summed E-state index contributed by atoms with van der Waals surface area (Å²) in [5, 5.41) is 8.89. The highest BCUT2D eigenvalue weighted by Crippen LogP contribution is 2.33. The van der Waals surface area contributed by atoms with Crippen LogP contribution < -0.4 is 4.74 Å². The molecule has 0 radical (unpaired) electrons. The van der Waals surface area contributed by atoms with E-state index in [2.05, 4.69) is 13.0 Å². The van der Waals surface area contributed by atoms with Crippen LogP contribution in [0.3, 0.4) is 0 Å². The van der Waals surface area contributed by atoms with Crippen molar-refractivity contribution in [3.05, 3.63) is 54.1 Å². The lowest BCUT2D eigenvalue weighted by atomic mass is 9.80. The second kappa shape index (κ2) is 10.1. The Labute approximate surface area is 168 Å². The topological polar surface area (TPSA) is 50.1 Å². The Kier molecular flexibility index (Phi) is 7.25. The predicted molar refractivity (Wildman–Crippen MR) is 112 cm³/mol. The van der Waals surface area contributed by atoms with Crippen molar-refractivity contribution in [3.63, 3.8) is 0 Å². The van der Waals surface area contributed by atoms with Gasteiger partial charge in [0.2, 0.25) is 0 Å². The summed E-state index contributed by atoms with van der Waals surface area (Å²) >= 11 is 0. The number of carbonyl (C=O) groups excluding carboxylic acids is 1. The molecule has 0 spiro atoms. The molecule has 3 rings (SSSR count). The van der Waals surface area contributed by atoms with Crippen LogP contribution in [0.4, 0.5) is 0 Å². The maximum Gasteiger partial charge on any atom is 0.314 e. The lowest BCUT2D eigenvalue weighted by Crippen LogP contribution is -2.25. The SMILES string of the molecule is CCCCC[C@H]1CC[C@H](C(=O)Oc2ccc(-c3ccc(C#N)cc3)cc2)CC1. The number of nitriles is 1. The highest BCUT2D eigenvalue weighted by atomic mass is 16.5. The lowest BCUT2D eigenvalue weighted by molar-refractivity contribution is -0.140. The van der Waals surface area contributed by atoms with Crippen LogP contribution in [0.25, 0.3) is 11.1 Å². The molecule has 1 aliphatic rings. The van der Waals surface area contributed by atoms with Crippen LogP contribution in [0.5, 0.6) is 5.75 Å². The van der Waals surface area contributed by atoms with Gasteiger partial charge in [0.15, 0.2) is 0 Å². The number of esters is 1. The maximum atomic E-state index is 12.5. The van der Waals surface area contributed by atoms with E-state index >= 15 is 0 Å². The van der Waals surface area contributed by atoms with Crippen LogP contribution in [0.15, 0.2) is 48.5 Å². The molecule has 0 N–H and O–H groups in total. The molecule has 2 aromatic rings. The van der Waals surface area contributed by atoms with Gasteiger partial charge >= 0.3 is 5.97 Å². The molecule has 0 unspecified atom stereocenters. The molecule has 146 valence electrons. The zero-order chi connectivity index (χ0) is 19.8. The first-order valence-electron chi connectivity index (χ1n) is 10.5. The van der Waals surface area contributed by atoms with Gasteiger partial charge < -0.3 is 4.74 Å². The second-order valence-electron chi connectivity index (χ2n) is 7.85. The number of hydrogen-bond acceptors (Lipinski definition) is 3. The van der Waals surface area contributed by atoms with Crippen molar-refractivity contribution in [1.29, 1.82) is 5.26 Å². The molecule has 3 heteroatoms. The molecule has 2 aromatic carbocycles. The van der Waals surface area contributed by atoms with Crippen molar-refractivity contribution >= 4 is 5.97 Å². The molecule has 0 saturated heterocycles. The molecular weight excluding hydrogens is 346 g/mol. The van der Waals surface area contributed by atoms with Crippen molar-refractivity contribution in [2.75, 3.05) is 0 Å². The fourth-order valence-corrected chi connectivity index (χ4v) is 4.02. The lowest BCUT2D eigenvalue weighted by Gasteiger charge is -2.27. The van der Waals surface area contributed by atoms with Crippen LogP contribution in [-0.2, 0) is 4.79 Å². The number of nitrogens with zero attached hydrogens (tertiary/aromatic N) is 1. The molecule has 3 nitrogen and oxygen atoms in total. The maximum absolute atomic E-state index is 12.5. The molecule has 1 saturated carbocycles. The fraction of sp³-hybridized carbons (Fsp3) is 0.440. The number of benzene rings is 2. The number of unbranched alkanes of at least 4 members (excludes halogenated alkanes) is 2. The molecule has 1 aliphatic carbocycles. The first-order chi connectivity index (χ1) is 13.7. The zero-order valence-electron chi connectivity index (χ0n) is 16.7. The van der Waals surface area contributed by atoms with Crippen LogP contribution in [0, 0.1) is 23.2 Å². The number of rotatable bonds is 7. The van der Waals surface area contributed by atoms with Gasteiger partial charge in [0, 0.05) is 0 Å². The van der Waals surface area contributed by atoms with Crippen LogP contribution in [0.2, 0.25) is 0 Å². The summed E-state index contributed by atoms with van der Waals surface area (Å²) in [5.74, 6) is 1.36. The van der Waals surface area contributed by atoms with Crippen molar-refractivity contribution in [3.8, 4) is 22.9 Å². The molecule has 0 amide bonds. The normalized spacial score (nSPS) is 19.0. The third kappa shape index (κ3) is 5.45. The van der Waals surface area contributed by atoms with Gasteiger partial charge in [-0.3, -0.25) is 4.79 Å². The van der Waals surface area contributed by atoms with Crippen LogP contribution in [0.1, 0.15) is 63.9 Å². The molecule has 0 aliphatic heterocycles. The fourth-order valence-electron chi connectivity index (χ4n) is 4.02. The Hall–Kier alpha value is -2.60. The van der Waals surface area contributed by atoms with E-state index in [0.29, 0.717) is 11.3 Å². The van der Waals surface area contributed by atoms with Gasteiger partial charge in [0.25, 0.3) is 0 Å². The summed E-state index contributed by atoms with van der Waals surface area (Å²) in [6, 6.07) is 17.2. The second-order valence-corrected chi connectivity index (χ2v) is 7.85. The number of carbonyl (C=O) groups is 1. The van der Waals surface area contributed by atoms with Gasteiger partial charge in [-0.05, 0) is 67.0 Å². The summed E-state index contributed by atoms with van der Waals surface area (Å²) in [6.07, 6.45) is 9.44. The summed E-state index contributed by atoms with van der Waals surface area (Å²) in [6.45, 7) is 2.24. The Morgan fingerprint density at radius 3 is 2.14 bits per heavy atom. The molecule has 0 bridgehead atoms. The average molecular weight is 376 g/mol. The Bertz CT molecular complexity index is 794. The number of hydrogen-bond donors (Lipinski definition) is 0. The Balaban J connectivity index is 1.50. The Morgan fingerprint density at radius 1 is 0.964 bits per heavy atom. The standard InChI is InChI=1S/C25H29NO2/c1-2-3-4-5-19-6-12-23(13-7-19)25(27)28-24-16-14-22(15-17-24)21-10-8-20(18-26)9-11-21/h8-11,14-17,19,23H,2-7,12-13H2,1H3/t19-,23-. The van der Waals surface area contributed by atoms with Gasteiger partial charge in [0.1, 0.15) is 5.75 Å². The minimum absolute atomic E-state index is 0.0422. The third-order valence-electron chi connectivity index (χ3n) is 5.82. The van der Waals surface area contributed by atoms with Gasteiger partial charge in [0.05, 0.1) is 17.6 Å². The van der Waals surface area contributed by atoms with E-state index in [1.165, 1.54) is 25.7 Å². The van der Waals surface area contributed by atoms with E-state index in [-0.39, 0.29) is 11.9 Å². The summed E-state index contributed by atoms with van der Waals surface area (Å²) in [5.41, 5.74) is 2.73. The van der Waals surface area contributed by atoms with E-state index in [0.717, 1.165) is 42.7 Å². The highest BCUT2D eigenvalue weighted by Gasteiger charge is 2.27. The highest BCUT2D eigenvalue weighted by molar-refractivity contribution is 5.75. The van der Waals surface area contributed by atoms with Crippen LogP contribution >= 0.6 is 0 Å². The van der Waals surface area contributed by atoms with Crippen molar-refractivity contribution < 1.29 is 9.53 Å². The van der Waals surface area contributed by atoms with E-state index in [9.17, 15) is 4.79 Å². The first-order valence-corrected chi connectivity index (χ1v) is 10.5. The van der Waals surface area contributed by atoms with Gasteiger partial charge in [-0.25, -0.2) is 0 Å². The number of ether oxygens (including phenoxy) is 1. The minimum atomic E-state index is -0.0851. The summed E-state index contributed by atoms with van der Waals surface area (Å²) in [7, 11) is 0. The molecular formula is C25H29NO2. The molecule has 0 aromatic heterocycles. The zero-order valence-corrected chi connectivity index (χ0v) is 16.7. The molecule has 1 fully saturated rings. The molecule has 28 heavy (non-hydrogen) atoms. The third-order valence-corrected chi connectivity index (χ3v) is 5.82. The minimum Gasteiger partial charge on any atom is -0.426 e. The van der Waals surface area contributed by atoms with Crippen LogP contribution in [-0.4, -0.2) is 5.97 Å². The molecule has 0 atom stereocenters. The van der Waals surface area contributed by atoms with E-state index in [1.807, 2.05) is 48.5 Å². The van der Waals surface area contributed by atoms with Gasteiger partial charge in [-0.2, -0.15) is 5.26 Å². The monoisotopic (exact) mass is 375 g/mol. The molecule has 0 heterocycles. The Morgan fingerprint density at radius 2 is 1.57 bits per heavy atom. The smallest absolute Gasteiger partial charge is 0.314 e. The summed E-state index contributed by atoms with van der Waals surface area (Å²) < 4.78 is 5.63. The van der Waals surface area contributed by atoms with Gasteiger partial charge in [-0.15, -0.1) is 0 Å². The van der Waals surface area contributed by atoms with Crippen molar-refractivity contribution in [2.24, 2.45) is 11.8 Å². The summed E-state index contributed by atoms with van der Waals surface area (Å²) in [4.78, 5) is 12.5. The van der Waals surface area contributed by atoms with E-state index in [1.54, 1.807) is 0 Å². The average Bonchev–Trinajstić information content (AvgIpc) is 2.75. The largest absolute Gasteiger partial charge is 0.426 e. The first kappa shape index (κ1) is 20.1. The van der Waals surface area contributed by atoms with E-state index in [4.69, 9.17) is 10.00 Å². The quantitative estimate of drug-likeness (QED) is 0.314. The predicted octanol–water partition coefficient (Wildman–Crippen LogP) is 6.52. The van der Waals surface area contributed by atoms with E-state index < -0.39 is 0 Å². The van der Waals surface area contributed by atoms with Crippen molar-refractivity contribution in [2.45, 2.75) is 58.3 Å².